The molecule has 0 bridgehead atoms. The Hall–Kier alpha value is -6.87. The van der Waals surface area contributed by atoms with Gasteiger partial charge in [-0.3, -0.25) is 9.59 Å². The summed E-state index contributed by atoms with van der Waals surface area (Å²) in [6.45, 7) is 3.23. The summed E-state index contributed by atoms with van der Waals surface area (Å²) in [6.07, 6.45) is -0.385. The lowest BCUT2D eigenvalue weighted by Crippen LogP contribution is -2.36. The van der Waals surface area contributed by atoms with Crippen LogP contribution < -0.4 is 4.74 Å². The molecule has 0 saturated carbocycles. The molecule has 6 N–H and O–H groups in total. The van der Waals surface area contributed by atoms with Gasteiger partial charge in [0.2, 0.25) is 5.60 Å². The zero-order chi connectivity index (χ0) is 51.0. The number of aromatic carboxylic acids is 2. The number of aromatic nitrogens is 2. The molecule has 0 fully saturated rings. The fourth-order valence-electron chi connectivity index (χ4n) is 5.40. The van der Waals surface area contributed by atoms with Crippen molar-refractivity contribution < 1.29 is 77.3 Å². The van der Waals surface area contributed by atoms with E-state index in [2.05, 4.69) is 9.97 Å². The molecule has 1 atom stereocenters. The van der Waals surface area contributed by atoms with Crippen molar-refractivity contribution in [2.24, 2.45) is 0 Å². The molecule has 21 heteroatoms. The Morgan fingerprint density at radius 2 is 1.26 bits per heavy atom. The molecule has 0 spiro atoms. The van der Waals surface area contributed by atoms with E-state index in [1.807, 2.05) is 30.3 Å². The van der Waals surface area contributed by atoms with E-state index in [0.717, 1.165) is 35.1 Å². The highest BCUT2D eigenvalue weighted by Crippen LogP contribution is 2.35. The molecule has 3 aromatic heterocycles. The van der Waals surface area contributed by atoms with Crippen LogP contribution in [0.4, 0.5) is 13.2 Å². The first-order chi connectivity index (χ1) is 32.0. The number of fused-ring (bicyclic) bond motifs is 1. The van der Waals surface area contributed by atoms with E-state index < -0.39 is 52.9 Å². The minimum absolute atomic E-state index is 0.113. The van der Waals surface area contributed by atoms with Crippen molar-refractivity contribution in [2.45, 2.75) is 67.9 Å². The van der Waals surface area contributed by atoms with Crippen molar-refractivity contribution in [3.63, 3.8) is 0 Å². The van der Waals surface area contributed by atoms with Crippen molar-refractivity contribution in [1.29, 1.82) is 0 Å². The number of carboxylic acid groups (broad SMARTS) is 5. The zero-order valence-corrected chi connectivity index (χ0v) is 38.8. The number of halogens is 4. The molecule has 68 heavy (non-hydrogen) atoms. The molecule has 0 aliphatic rings. The highest BCUT2D eigenvalue weighted by atomic mass is 35.5. The van der Waals surface area contributed by atoms with Crippen LogP contribution in [0.3, 0.4) is 0 Å². The molecule has 0 radical (unpaired) electrons. The molecule has 0 amide bonds. The second-order valence-electron chi connectivity index (χ2n) is 13.8. The number of thiophene rings is 1. The van der Waals surface area contributed by atoms with Crippen molar-refractivity contribution in [3.8, 4) is 5.75 Å². The molecule has 3 aromatic carbocycles. The standard InChI is InChI=1S/C14H12O3.C10H5F3N2O2.C9H10O2S.C8H14O3.C6H5ClO3S/c15-13(16)14(17,11-7-3-1-4-8-11)12-9-5-2-6-10-12;11-10(12,13)7-6(9(16)17)4-5-2-1-3-14-8(5)15-7;1-7(9(10)11)12-8-5-3-2-4-6-8;1-7(9)5-3-2-4-6-8(10)11;1-10-4-3(6(8)9)2-11-5(4)7/h1-10,17H,(H,15,16);1-4H,(H,16,17);2-7H,1H3,(H,10,11);2-6H2,1H3,(H,10,11);2H,1H3,(H,8,9). The van der Waals surface area contributed by atoms with Crippen molar-refractivity contribution in [1.82, 2.24) is 9.97 Å². The van der Waals surface area contributed by atoms with Crippen molar-refractivity contribution >= 4 is 81.4 Å². The lowest BCUT2D eigenvalue weighted by atomic mass is 9.86. The number of alkyl halides is 3. The number of rotatable bonds is 15. The van der Waals surface area contributed by atoms with Crippen LogP contribution in [0.15, 0.2) is 126 Å². The number of carbonyl (C=O) groups is 6. The van der Waals surface area contributed by atoms with Gasteiger partial charge in [0.1, 0.15) is 20.9 Å². The number of hydrogen-bond acceptors (Lipinski definition) is 12. The van der Waals surface area contributed by atoms with Gasteiger partial charge in [-0.05, 0) is 68.1 Å². The lowest BCUT2D eigenvalue weighted by Gasteiger charge is -2.24. The molecule has 15 nitrogen and oxygen atoms in total. The number of methoxy groups -OCH3 is 1. The molecular weight excluding hydrogens is 957 g/mol. The first-order valence-corrected chi connectivity index (χ1v) is 22.0. The molecule has 0 aliphatic carbocycles. The summed E-state index contributed by atoms with van der Waals surface area (Å²) in [5.41, 5.74) is -3.64. The summed E-state index contributed by atoms with van der Waals surface area (Å²) in [7, 11) is 1.39. The van der Waals surface area contributed by atoms with Crippen LogP contribution in [0.25, 0.3) is 11.0 Å². The van der Waals surface area contributed by atoms with E-state index in [-0.39, 0.29) is 39.8 Å². The second kappa shape index (κ2) is 28.3. The molecule has 3 heterocycles. The Bertz CT molecular complexity index is 2530. The lowest BCUT2D eigenvalue weighted by molar-refractivity contribution is -0.155. The zero-order valence-electron chi connectivity index (χ0n) is 36.4. The van der Waals surface area contributed by atoms with E-state index >= 15 is 0 Å². The first kappa shape index (κ1) is 57.3. The smallest absolute Gasteiger partial charge is 0.434 e. The average molecular weight is 1000 g/mol. The monoisotopic (exact) mass is 1000 g/mol. The molecule has 1 unspecified atom stereocenters. The van der Waals surface area contributed by atoms with E-state index in [4.69, 9.17) is 36.8 Å². The molecule has 0 saturated heterocycles. The minimum atomic E-state index is -4.82. The van der Waals surface area contributed by atoms with Gasteiger partial charge in [0.15, 0.2) is 17.1 Å². The van der Waals surface area contributed by atoms with Gasteiger partial charge in [-0.25, -0.2) is 24.4 Å². The van der Waals surface area contributed by atoms with Gasteiger partial charge in [-0.15, -0.1) is 23.1 Å². The number of Topliss-reactive ketones (excluding diaryl/α,β-unsaturated/α-hetero) is 1. The topological polar surface area (TPSA) is 259 Å². The summed E-state index contributed by atoms with van der Waals surface area (Å²) in [5, 5.41) is 55.2. The van der Waals surface area contributed by atoms with E-state index in [1.165, 1.54) is 42.6 Å². The number of unbranched alkanes of at least 4 members (excludes halogenated alkanes) is 2. The predicted molar refractivity (Wildman–Crippen MR) is 249 cm³/mol. The van der Waals surface area contributed by atoms with Crippen LogP contribution in [0, 0.1) is 0 Å². The van der Waals surface area contributed by atoms with Gasteiger partial charge in [-0.1, -0.05) is 96.9 Å². The number of pyridine rings is 2. The van der Waals surface area contributed by atoms with E-state index in [0.29, 0.717) is 28.3 Å². The Morgan fingerprint density at radius 3 is 1.69 bits per heavy atom. The van der Waals surface area contributed by atoms with E-state index in [9.17, 15) is 52.2 Å². The number of ether oxygens (including phenoxy) is 1. The number of aliphatic hydroxyl groups is 1. The normalized spacial score (nSPS) is 11.0. The third-order valence-corrected chi connectivity index (χ3v) is 11.0. The highest BCUT2D eigenvalue weighted by Gasteiger charge is 2.40. The van der Waals surface area contributed by atoms with Gasteiger partial charge < -0.3 is 40.2 Å². The van der Waals surface area contributed by atoms with Gasteiger partial charge in [0, 0.05) is 34.7 Å². The number of ketones is 1. The van der Waals surface area contributed by atoms with Crippen LogP contribution in [-0.4, -0.2) is 88.6 Å². The maximum Gasteiger partial charge on any atom is 0.434 e. The Morgan fingerprint density at radius 1 is 0.750 bits per heavy atom. The maximum atomic E-state index is 12.6. The quantitative estimate of drug-likeness (QED) is 0.0413. The SMILES string of the molecule is CC(=O)CCCCCC(=O)O.CC(Sc1ccccc1)C(=O)O.COc1c(C(=O)O)csc1Cl.O=C(O)C(O)(c1ccccc1)c1ccccc1.O=C(O)c1cc2cccnc2nc1C(F)(F)F. The summed E-state index contributed by atoms with van der Waals surface area (Å²) >= 11 is 8.11. The van der Waals surface area contributed by atoms with Crippen LogP contribution >= 0.6 is 34.7 Å². The largest absolute Gasteiger partial charge is 0.493 e. The Kier molecular flexibility index (Phi) is 23.9. The predicted octanol–water partition coefficient (Wildman–Crippen LogP) is 10.3. The van der Waals surface area contributed by atoms with Gasteiger partial charge in [0.05, 0.1) is 12.7 Å². The summed E-state index contributed by atoms with van der Waals surface area (Å²) in [5.74, 6) is -5.09. The minimum Gasteiger partial charge on any atom is -0.493 e. The third-order valence-electron chi connectivity index (χ3n) is 8.74. The number of thioether (sulfide) groups is 1. The van der Waals surface area contributed by atoms with Crippen LogP contribution in [0.5, 0.6) is 5.75 Å². The van der Waals surface area contributed by atoms with Gasteiger partial charge in [0.25, 0.3) is 0 Å². The number of aliphatic carboxylic acids is 3. The first-order valence-electron chi connectivity index (χ1n) is 19.9. The van der Waals surface area contributed by atoms with Crippen LogP contribution in [0.1, 0.15) is 83.5 Å². The summed E-state index contributed by atoms with van der Waals surface area (Å²) < 4.78 is 42.9. The van der Waals surface area contributed by atoms with Crippen LogP contribution in [0.2, 0.25) is 4.34 Å². The average Bonchev–Trinajstić information content (AvgIpc) is 3.69. The van der Waals surface area contributed by atoms with Crippen LogP contribution in [-0.2, 0) is 31.0 Å². The van der Waals surface area contributed by atoms with E-state index in [1.54, 1.807) is 74.5 Å². The molecule has 6 rings (SSSR count). The number of benzene rings is 3. The maximum absolute atomic E-state index is 12.6. The molecular formula is C47H46ClF3N2O13S2. The third kappa shape index (κ3) is 18.8. The summed E-state index contributed by atoms with van der Waals surface area (Å²) in [4.78, 5) is 71.4. The van der Waals surface area contributed by atoms with Crippen molar-refractivity contribution in [3.05, 3.63) is 153 Å². The summed E-state index contributed by atoms with van der Waals surface area (Å²) in [6, 6.07) is 30.1. The number of carbonyl (C=O) groups excluding carboxylic acids is 1. The molecule has 362 valence electrons. The fourth-order valence-corrected chi connectivity index (χ4v) is 7.26. The van der Waals surface area contributed by atoms with Crippen molar-refractivity contribution in [2.75, 3.05) is 7.11 Å². The Labute approximate surface area is 400 Å². The Balaban J connectivity index is 0.000000296. The van der Waals surface area contributed by atoms with Gasteiger partial charge >= 0.3 is 36.0 Å². The second-order valence-corrected chi connectivity index (χ2v) is 16.7. The number of nitrogens with zero attached hydrogens (tertiary/aromatic N) is 2. The molecule has 0 aliphatic heterocycles. The number of hydrogen-bond donors (Lipinski definition) is 6. The molecule has 6 aromatic rings. The van der Waals surface area contributed by atoms with Gasteiger partial charge in [-0.2, -0.15) is 13.2 Å². The fraction of sp³-hybridized carbons (Fsp3) is 0.234. The highest BCUT2D eigenvalue weighted by molar-refractivity contribution is 8.00. The number of carboxylic acids is 5.